The lowest BCUT2D eigenvalue weighted by molar-refractivity contribution is 0.271. The monoisotopic (exact) mass is 209 g/mol. The second-order valence-electron chi connectivity index (χ2n) is 3.51. The summed E-state index contributed by atoms with van der Waals surface area (Å²) in [6.45, 7) is 4.49. The van der Waals surface area contributed by atoms with Gasteiger partial charge in [-0.25, -0.2) is 4.39 Å². The summed E-state index contributed by atoms with van der Waals surface area (Å²) in [5.41, 5.74) is 8.47. The van der Waals surface area contributed by atoms with Gasteiger partial charge in [0.25, 0.3) is 0 Å². The number of benzene rings is 1. The van der Waals surface area contributed by atoms with Crippen LogP contribution in [0.1, 0.15) is 13.8 Å². The standard InChI is InChI=1S/C10H12FN3O/c1-7(2)6-15-10-4-3-8(11)5-9(10)13-14-12/h3-5,7H,6H2,1-2H3. The fraction of sp³-hybridized carbons (Fsp3) is 0.400. The molecule has 0 bridgehead atoms. The van der Waals surface area contributed by atoms with E-state index in [1.165, 1.54) is 12.1 Å². The second-order valence-corrected chi connectivity index (χ2v) is 3.51. The molecule has 0 aromatic heterocycles. The lowest BCUT2D eigenvalue weighted by atomic mass is 10.2. The summed E-state index contributed by atoms with van der Waals surface area (Å²) in [6.07, 6.45) is 0. The average molecular weight is 209 g/mol. The number of hydrogen-bond donors (Lipinski definition) is 0. The Morgan fingerprint density at radius 3 is 2.87 bits per heavy atom. The van der Waals surface area contributed by atoms with Gasteiger partial charge in [-0.1, -0.05) is 19.0 Å². The molecule has 5 heteroatoms. The summed E-state index contributed by atoms with van der Waals surface area (Å²) >= 11 is 0. The third-order valence-corrected chi connectivity index (χ3v) is 1.65. The summed E-state index contributed by atoms with van der Waals surface area (Å²) in [5.74, 6) is 0.311. The van der Waals surface area contributed by atoms with E-state index in [4.69, 9.17) is 10.3 Å². The van der Waals surface area contributed by atoms with E-state index in [2.05, 4.69) is 10.0 Å². The van der Waals surface area contributed by atoms with E-state index < -0.39 is 5.82 Å². The van der Waals surface area contributed by atoms with Crippen molar-refractivity contribution in [2.24, 2.45) is 11.0 Å². The zero-order chi connectivity index (χ0) is 11.3. The number of nitrogens with zero attached hydrogens (tertiary/aromatic N) is 3. The highest BCUT2D eigenvalue weighted by molar-refractivity contribution is 5.51. The largest absolute Gasteiger partial charge is 0.493 e. The normalized spacial score (nSPS) is 9.87. The van der Waals surface area contributed by atoms with Crippen molar-refractivity contribution in [2.75, 3.05) is 6.61 Å². The van der Waals surface area contributed by atoms with E-state index in [1.807, 2.05) is 13.8 Å². The Morgan fingerprint density at radius 1 is 1.53 bits per heavy atom. The molecule has 1 rings (SSSR count). The van der Waals surface area contributed by atoms with Gasteiger partial charge in [-0.05, 0) is 29.6 Å². The SMILES string of the molecule is CC(C)COc1ccc(F)cc1N=[N+]=[N-]. The van der Waals surface area contributed by atoms with Gasteiger partial charge < -0.3 is 4.74 Å². The number of ether oxygens (including phenoxy) is 1. The van der Waals surface area contributed by atoms with Crippen molar-refractivity contribution in [3.63, 3.8) is 0 Å². The molecule has 0 aliphatic rings. The number of azide groups is 1. The van der Waals surface area contributed by atoms with Crippen molar-refractivity contribution in [3.05, 3.63) is 34.5 Å². The Balaban J connectivity index is 2.90. The van der Waals surface area contributed by atoms with Crippen LogP contribution in [0, 0.1) is 11.7 Å². The minimum Gasteiger partial charge on any atom is -0.493 e. The van der Waals surface area contributed by atoms with Crippen LogP contribution in [-0.2, 0) is 0 Å². The molecule has 0 atom stereocenters. The highest BCUT2D eigenvalue weighted by atomic mass is 19.1. The molecule has 0 heterocycles. The number of hydrogen-bond acceptors (Lipinski definition) is 2. The zero-order valence-electron chi connectivity index (χ0n) is 8.64. The van der Waals surface area contributed by atoms with Crippen molar-refractivity contribution in [1.29, 1.82) is 0 Å². The molecule has 0 radical (unpaired) electrons. The van der Waals surface area contributed by atoms with E-state index >= 15 is 0 Å². The summed E-state index contributed by atoms with van der Waals surface area (Å²) in [7, 11) is 0. The molecule has 4 nitrogen and oxygen atoms in total. The van der Waals surface area contributed by atoms with Crippen molar-refractivity contribution in [2.45, 2.75) is 13.8 Å². The minimum absolute atomic E-state index is 0.179. The van der Waals surface area contributed by atoms with E-state index in [9.17, 15) is 4.39 Å². The maximum Gasteiger partial charge on any atom is 0.129 e. The Morgan fingerprint density at radius 2 is 2.27 bits per heavy atom. The third-order valence-electron chi connectivity index (χ3n) is 1.65. The molecule has 0 saturated carbocycles. The summed E-state index contributed by atoms with van der Waals surface area (Å²) in [6, 6.07) is 3.88. The predicted molar refractivity (Wildman–Crippen MR) is 55.5 cm³/mol. The van der Waals surface area contributed by atoms with Crippen LogP contribution in [0.3, 0.4) is 0 Å². The quantitative estimate of drug-likeness (QED) is 0.422. The van der Waals surface area contributed by atoms with E-state index in [1.54, 1.807) is 0 Å². The Bertz CT molecular complexity index is 386. The molecule has 15 heavy (non-hydrogen) atoms. The van der Waals surface area contributed by atoms with Crippen LogP contribution in [0.15, 0.2) is 23.3 Å². The van der Waals surface area contributed by atoms with Gasteiger partial charge >= 0.3 is 0 Å². The molecule has 1 aromatic rings. The van der Waals surface area contributed by atoms with Crippen LogP contribution in [0.2, 0.25) is 0 Å². The summed E-state index contributed by atoms with van der Waals surface area (Å²) in [5, 5.41) is 3.36. The van der Waals surface area contributed by atoms with Gasteiger partial charge in [-0.3, -0.25) is 0 Å². The molecule has 0 fully saturated rings. The minimum atomic E-state index is -0.450. The molecular weight excluding hydrogens is 197 g/mol. The first-order valence-electron chi connectivity index (χ1n) is 4.61. The molecular formula is C10H12FN3O. The lowest BCUT2D eigenvalue weighted by Crippen LogP contribution is -2.04. The van der Waals surface area contributed by atoms with Gasteiger partial charge in [0.1, 0.15) is 11.6 Å². The van der Waals surface area contributed by atoms with Crippen molar-refractivity contribution < 1.29 is 9.13 Å². The Hall–Kier alpha value is -1.74. The van der Waals surface area contributed by atoms with Gasteiger partial charge in [0, 0.05) is 4.91 Å². The van der Waals surface area contributed by atoms with E-state index in [-0.39, 0.29) is 5.69 Å². The topological polar surface area (TPSA) is 58.0 Å². The first-order valence-corrected chi connectivity index (χ1v) is 4.61. The summed E-state index contributed by atoms with van der Waals surface area (Å²) in [4.78, 5) is 2.61. The van der Waals surface area contributed by atoms with Crippen LogP contribution in [0.25, 0.3) is 10.4 Å². The molecule has 0 N–H and O–H groups in total. The summed E-state index contributed by atoms with van der Waals surface area (Å²) < 4.78 is 18.2. The van der Waals surface area contributed by atoms with Gasteiger partial charge in [-0.2, -0.15) is 0 Å². The van der Waals surface area contributed by atoms with E-state index in [0.717, 1.165) is 6.07 Å². The second kappa shape index (κ2) is 5.22. The molecule has 80 valence electrons. The van der Waals surface area contributed by atoms with Gasteiger partial charge in [0.05, 0.1) is 12.3 Å². The number of halogens is 1. The molecule has 0 unspecified atom stereocenters. The zero-order valence-corrected chi connectivity index (χ0v) is 8.64. The molecule has 0 aliphatic heterocycles. The smallest absolute Gasteiger partial charge is 0.129 e. The average Bonchev–Trinajstić information content (AvgIpc) is 2.17. The van der Waals surface area contributed by atoms with Crippen LogP contribution in [0.5, 0.6) is 5.75 Å². The molecule has 0 saturated heterocycles. The van der Waals surface area contributed by atoms with Crippen LogP contribution < -0.4 is 4.74 Å². The van der Waals surface area contributed by atoms with Crippen LogP contribution in [0.4, 0.5) is 10.1 Å². The highest BCUT2D eigenvalue weighted by Crippen LogP contribution is 2.28. The first-order chi connectivity index (χ1) is 7.13. The van der Waals surface area contributed by atoms with Crippen LogP contribution in [-0.4, -0.2) is 6.61 Å². The van der Waals surface area contributed by atoms with Crippen molar-refractivity contribution in [3.8, 4) is 5.75 Å². The molecule has 0 aliphatic carbocycles. The van der Waals surface area contributed by atoms with Gasteiger partial charge in [0.15, 0.2) is 0 Å². The third kappa shape index (κ3) is 3.48. The fourth-order valence-electron chi connectivity index (χ4n) is 0.995. The molecule has 0 amide bonds. The molecule has 1 aromatic carbocycles. The Kier molecular flexibility index (Phi) is 3.94. The maximum atomic E-state index is 12.8. The Labute approximate surface area is 87.3 Å². The van der Waals surface area contributed by atoms with Crippen LogP contribution >= 0.6 is 0 Å². The van der Waals surface area contributed by atoms with Gasteiger partial charge in [-0.15, -0.1) is 0 Å². The predicted octanol–water partition coefficient (Wildman–Crippen LogP) is 3.80. The lowest BCUT2D eigenvalue weighted by Gasteiger charge is -2.10. The highest BCUT2D eigenvalue weighted by Gasteiger charge is 2.04. The van der Waals surface area contributed by atoms with Crippen molar-refractivity contribution in [1.82, 2.24) is 0 Å². The van der Waals surface area contributed by atoms with E-state index in [0.29, 0.717) is 18.3 Å². The maximum absolute atomic E-state index is 12.8. The van der Waals surface area contributed by atoms with Crippen molar-refractivity contribution >= 4 is 5.69 Å². The van der Waals surface area contributed by atoms with Gasteiger partial charge in [0.2, 0.25) is 0 Å². The fourth-order valence-corrected chi connectivity index (χ4v) is 0.995. The number of rotatable bonds is 4. The first kappa shape index (κ1) is 11.3. The molecule has 0 spiro atoms.